The second-order valence-electron chi connectivity index (χ2n) is 6.17. The van der Waals surface area contributed by atoms with Gasteiger partial charge in [0, 0.05) is 29.1 Å². The van der Waals surface area contributed by atoms with E-state index >= 15 is 0 Å². The van der Waals surface area contributed by atoms with Gasteiger partial charge in [-0.1, -0.05) is 48.9 Å². The van der Waals surface area contributed by atoms with Crippen molar-refractivity contribution in [1.29, 1.82) is 0 Å². The molecule has 0 saturated heterocycles. The highest BCUT2D eigenvalue weighted by Crippen LogP contribution is 2.25. The lowest BCUT2D eigenvalue weighted by Gasteiger charge is -2.05. The number of para-hydroxylation sites is 1. The van der Waals surface area contributed by atoms with Crippen LogP contribution >= 0.6 is 11.6 Å². The molecule has 0 bridgehead atoms. The summed E-state index contributed by atoms with van der Waals surface area (Å²) in [5.74, 6) is -0.429. The van der Waals surface area contributed by atoms with Crippen LogP contribution in [0.3, 0.4) is 0 Å². The van der Waals surface area contributed by atoms with E-state index in [1.807, 2.05) is 30.3 Å². The van der Waals surface area contributed by atoms with Crippen molar-refractivity contribution in [3.63, 3.8) is 0 Å². The Bertz CT molecular complexity index is 1060. The zero-order chi connectivity index (χ0) is 20.1. The van der Waals surface area contributed by atoms with Gasteiger partial charge in [0.1, 0.15) is 5.69 Å². The van der Waals surface area contributed by atoms with Crippen LogP contribution in [-0.4, -0.2) is 42.2 Å². The van der Waals surface area contributed by atoms with Crippen molar-refractivity contribution in [3.8, 4) is 16.9 Å². The monoisotopic (exact) mass is 417 g/mol. The predicted octanol–water partition coefficient (Wildman–Crippen LogP) is 3.36. The summed E-state index contributed by atoms with van der Waals surface area (Å²) in [5, 5.41) is 7.83. The summed E-state index contributed by atoms with van der Waals surface area (Å²) in [7, 11) is -3.15. The molecule has 1 aromatic heterocycles. The third kappa shape index (κ3) is 4.79. The molecule has 6 nitrogen and oxygen atoms in total. The van der Waals surface area contributed by atoms with Crippen LogP contribution in [0.1, 0.15) is 17.3 Å². The molecule has 2 aromatic carbocycles. The van der Waals surface area contributed by atoms with E-state index in [1.165, 1.54) is 0 Å². The molecule has 3 aromatic rings. The number of rotatable bonds is 7. The maximum atomic E-state index is 12.7. The molecular weight excluding hydrogens is 398 g/mol. The maximum absolute atomic E-state index is 12.7. The molecule has 1 heterocycles. The molecule has 0 aliphatic carbocycles. The summed E-state index contributed by atoms with van der Waals surface area (Å²) in [6, 6.07) is 16.5. The number of carbonyl (C=O) groups is 1. The Labute approximate surface area is 169 Å². The third-order valence-electron chi connectivity index (χ3n) is 4.24. The smallest absolute Gasteiger partial charge is 0.255 e. The Morgan fingerprint density at radius 1 is 1.11 bits per heavy atom. The quantitative estimate of drug-likeness (QED) is 0.639. The minimum Gasteiger partial charge on any atom is -0.351 e. The number of sulfone groups is 1. The highest BCUT2D eigenvalue weighted by molar-refractivity contribution is 7.91. The number of nitrogens with zero attached hydrogens (tertiary/aromatic N) is 2. The van der Waals surface area contributed by atoms with Crippen LogP contribution in [0.4, 0.5) is 0 Å². The van der Waals surface area contributed by atoms with Crippen LogP contribution in [0.2, 0.25) is 5.02 Å². The molecule has 8 heteroatoms. The largest absolute Gasteiger partial charge is 0.351 e. The fourth-order valence-electron chi connectivity index (χ4n) is 2.63. The van der Waals surface area contributed by atoms with Gasteiger partial charge in [0.2, 0.25) is 0 Å². The van der Waals surface area contributed by atoms with E-state index in [2.05, 4.69) is 10.4 Å². The number of aromatic nitrogens is 2. The van der Waals surface area contributed by atoms with Crippen LogP contribution < -0.4 is 5.32 Å². The Kier molecular flexibility index (Phi) is 6.16. The van der Waals surface area contributed by atoms with Gasteiger partial charge >= 0.3 is 0 Å². The number of amides is 1. The number of halogens is 1. The molecule has 1 N–H and O–H groups in total. The van der Waals surface area contributed by atoms with Gasteiger partial charge in [-0.25, -0.2) is 13.1 Å². The SMILES string of the molecule is CCS(=O)(=O)CCNC(=O)c1cn(-c2ccccc2)nc1-c1ccc(Cl)cc1. The van der Waals surface area contributed by atoms with E-state index in [0.717, 1.165) is 11.3 Å². The Balaban J connectivity index is 1.92. The summed E-state index contributed by atoms with van der Waals surface area (Å²) in [5.41, 5.74) is 2.41. The van der Waals surface area contributed by atoms with Crippen LogP contribution in [0.15, 0.2) is 60.8 Å². The minimum atomic E-state index is -3.15. The summed E-state index contributed by atoms with van der Waals surface area (Å²) >= 11 is 5.97. The second-order valence-corrected chi connectivity index (χ2v) is 9.08. The molecule has 28 heavy (non-hydrogen) atoms. The first kappa shape index (κ1) is 20.1. The lowest BCUT2D eigenvalue weighted by Crippen LogP contribution is -2.29. The summed E-state index contributed by atoms with van der Waals surface area (Å²) in [6.07, 6.45) is 1.64. The molecule has 0 unspecified atom stereocenters. The first-order valence-electron chi connectivity index (χ1n) is 8.79. The molecule has 0 atom stereocenters. The Morgan fingerprint density at radius 2 is 1.79 bits per heavy atom. The summed E-state index contributed by atoms with van der Waals surface area (Å²) < 4.78 is 24.9. The third-order valence-corrected chi connectivity index (χ3v) is 6.19. The van der Waals surface area contributed by atoms with Crippen molar-refractivity contribution in [2.75, 3.05) is 18.1 Å². The molecular formula is C20H20ClN3O3S. The fraction of sp³-hybridized carbons (Fsp3) is 0.200. The zero-order valence-electron chi connectivity index (χ0n) is 15.3. The molecule has 0 saturated carbocycles. The lowest BCUT2D eigenvalue weighted by molar-refractivity contribution is 0.0956. The Hall–Kier alpha value is -2.64. The van der Waals surface area contributed by atoms with Crippen molar-refractivity contribution in [2.45, 2.75) is 6.92 Å². The van der Waals surface area contributed by atoms with E-state index in [0.29, 0.717) is 16.3 Å². The van der Waals surface area contributed by atoms with E-state index in [-0.39, 0.29) is 24.0 Å². The average molecular weight is 418 g/mol. The van der Waals surface area contributed by atoms with Gasteiger partial charge in [-0.05, 0) is 24.3 Å². The number of carbonyl (C=O) groups excluding carboxylic acids is 1. The first-order chi connectivity index (χ1) is 13.4. The van der Waals surface area contributed by atoms with Crippen molar-refractivity contribution in [3.05, 3.63) is 71.4 Å². The normalized spacial score (nSPS) is 11.4. The maximum Gasteiger partial charge on any atom is 0.255 e. The number of hydrogen-bond donors (Lipinski definition) is 1. The summed E-state index contributed by atoms with van der Waals surface area (Å²) in [4.78, 5) is 12.7. The lowest BCUT2D eigenvalue weighted by atomic mass is 10.1. The predicted molar refractivity (Wildman–Crippen MR) is 111 cm³/mol. The van der Waals surface area contributed by atoms with Gasteiger partial charge in [-0.15, -0.1) is 0 Å². The molecule has 146 valence electrons. The van der Waals surface area contributed by atoms with Gasteiger partial charge in [0.05, 0.1) is 17.0 Å². The van der Waals surface area contributed by atoms with Crippen LogP contribution in [0.5, 0.6) is 0 Å². The van der Waals surface area contributed by atoms with Gasteiger partial charge in [0.15, 0.2) is 9.84 Å². The molecule has 0 aliphatic rings. The molecule has 0 spiro atoms. The molecule has 1 amide bonds. The molecule has 0 fully saturated rings. The molecule has 0 radical (unpaired) electrons. The number of benzene rings is 2. The van der Waals surface area contributed by atoms with Crippen LogP contribution in [0, 0.1) is 0 Å². The van der Waals surface area contributed by atoms with E-state index < -0.39 is 9.84 Å². The fourth-order valence-corrected chi connectivity index (χ4v) is 3.46. The van der Waals surface area contributed by atoms with Crippen molar-refractivity contribution >= 4 is 27.3 Å². The van der Waals surface area contributed by atoms with Gasteiger partial charge in [0.25, 0.3) is 5.91 Å². The van der Waals surface area contributed by atoms with E-state index in [4.69, 9.17) is 11.6 Å². The van der Waals surface area contributed by atoms with Gasteiger partial charge in [-0.3, -0.25) is 4.79 Å². The van der Waals surface area contributed by atoms with Crippen LogP contribution in [-0.2, 0) is 9.84 Å². The van der Waals surface area contributed by atoms with Crippen LogP contribution in [0.25, 0.3) is 16.9 Å². The minimum absolute atomic E-state index is 0.0465. The van der Waals surface area contributed by atoms with Gasteiger partial charge < -0.3 is 5.32 Å². The van der Waals surface area contributed by atoms with Crippen molar-refractivity contribution < 1.29 is 13.2 Å². The highest BCUT2D eigenvalue weighted by atomic mass is 35.5. The first-order valence-corrected chi connectivity index (χ1v) is 11.0. The van der Waals surface area contributed by atoms with Gasteiger partial charge in [-0.2, -0.15) is 5.10 Å². The van der Waals surface area contributed by atoms with E-state index in [9.17, 15) is 13.2 Å². The molecule has 3 rings (SSSR count). The number of nitrogens with one attached hydrogen (secondary N) is 1. The van der Waals surface area contributed by atoms with Crippen molar-refractivity contribution in [2.24, 2.45) is 0 Å². The Morgan fingerprint density at radius 3 is 2.43 bits per heavy atom. The standard InChI is InChI=1S/C20H20ClN3O3S/c1-2-28(26,27)13-12-22-20(25)18-14-24(17-6-4-3-5-7-17)23-19(18)15-8-10-16(21)11-9-15/h3-11,14H,2,12-13H2,1H3,(H,22,25). The summed E-state index contributed by atoms with van der Waals surface area (Å²) in [6.45, 7) is 1.63. The zero-order valence-corrected chi connectivity index (χ0v) is 16.9. The molecule has 0 aliphatic heterocycles. The van der Waals surface area contributed by atoms with Crippen molar-refractivity contribution in [1.82, 2.24) is 15.1 Å². The topological polar surface area (TPSA) is 81.1 Å². The number of hydrogen-bond acceptors (Lipinski definition) is 4. The second kappa shape index (κ2) is 8.58. The van der Waals surface area contributed by atoms with E-state index in [1.54, 1.807) is 42.1 Å². The average Bonchev–Trinajstić information content (AvgIpc) is 3.14. The highest BCUT2D eigenvalue weighted by Gasteiger charge is 2.19.